The Bertz CT molecular complexity index is 1300. The largest absolute Gasteiger partial charge is 0.379 e. The molecule has 3 aromatic rings. The van der Waals surface area contributed by atoms with E-state index < -0.39 is 16.1 Å². The van der Waals surface area contributed by atoms with Crippen molar-refractivity contribution in [3.8, 4) is 0 Å². The fourth-order valence-electron chi connectivity index (χ4n) is 5.01. The number of benzene rings is 1. The molecule has 200 valence electrons. The van der Waals surface area contributed by atoms with Crippen molar-refractivity contribution in [1.82, 2.24) is 14.2 Å². The fourth-order valence-corrected chi connectivity index (χ4v) is 8.85. The van der Waals surface area contributed by atoms with Crippen molar-refractivity contribution in [2.45, 2.75) is 49.3 Å². The second-order valence-electron chi connectivity index (χ2n) is 9.51. The number of carbonyl (C=O) groups is 1. The highest BCUT2D eigenvalue weighted by molar-refractivity contribution is 7.91. The number of thiazole rings is 1. The number of morpholine rings is 1. The van der Waals surface area contributed by atoms with Gasteiger partial charge in [0.15, 0.2) is 5.13 Å². The molecule has 1 unspecified atom stereocenters. The highest BCUT2D eigenvalue weighted by Gasteiger charge is 2.40. The Morgan fingerprint density at radius 3 is 2.78 bits per heavy atom. The number of fused-ring (bicyclic) bond motifs is 1. The molecular weight excluding hydrogens is 529 g/mol. The molecule has 1 aromatic carbocycles. The van der Waals surface area contributed by atoms with Crippen LogP contribution >= 0.6 is 22.7 Å². The summed E-state index contributed by atoms with van der Waals surface area (Å²) in [5.74, 6) is -0.170. The van der Waals surface area contributed by atoms with E-state index in [-0.39, 0.29) is 10.1 Å². The third-order valence-corrected chi connectivity index (χ3v) is 11.4. The van der Waals surface area contributed by atoms with Gasteiger partial charge in [-0.3, -0.25) is 14.6 Å². The average molecular weight is 563 g/mol. The number of hydrogen-bond acceptors (Lipinski definition) is 8. The van der Waals surface area contributed by atoms with Crippen molar-refractivity contribution in [3.63, 3.8) is 0 Å². The predicted octanol–water partition coefficient (Wildman–Crippen LogP) is 4.22. The van der Waals surface area contributed by atoms with Crippen LogP contribution in [0, 0.1) is 0 Å². The lowest BCUT2D eigenvalue weighted by Gasteiger charge is -2.36. The minimum atomic E-state index is -3.73. The van der Waals surface area contributed by atoms with Gasteiger partial charge in [-0.1, -0.05) is 36.8 Å². The minimum Gasteiger partial charge on any atom is -0.379 e. The molecule has 0 aliphatic carbocycles. The number of nitrogens with zero attached hydrogens (tertiary/aromatic N) is 4. The Morgan fingerprint density at radius 2 is 2.03 bits per heavy atom. The second kappa shape index (κ2) is 11.9. The topological polar surface area (TPSA) is 83.1 Å². The molecule has 2 saturated heterocycles. The minimum absolute atomic E-state index is 0.170. The van der Waals surface area contributed by atoms with Crippen LogP contribution in [0.4, 0.5) is 5.13 Å². The van der Waals surface area contributed by atoms with Gasteiger partial charge in [0.25, 0.3) is 10.0 Å². The number of amides is 1. The number of aromatic nitrogens is 1. The standard InChI is InChI=1S/C26H34N4O4S3/c1-2-20-9-10-21-23(19-20)36-26(27-21)29(12-6-11-28-14-16-34-17-15-28)25(31)22-7-3-4-13-30(22)37(32,33)24-8-5-18-35-24/h5,8-10,18-19,22H,2-4,6-7,11-17H2,1H3. The predicted molar refractivity (Wildman–Crippen MR) is 149 cm³/mol. The van der Waals surface area contributed by atoms with E-state index in [9.17, 15) is 13.2 Å². The molecule has 0 spiro atoms. The first-order valence-electron chi connectivity index (χ1n) is 13.0. The molecule has 2 aliphatic rings. The number of aryl methyl sites for hydroxylation is 1. The van der Waals surface area contributed by atoms with Gasteiger partial charge in [0.05, 0.1) is 23.4 Å². The summed E-state index contributed by atoms with van der Waals surface area (Å²) in [5.41, 5.74) is 2.10. The molecule has 5 rings (SSSR count). The van der Waals surface area contributed by atoms with E-state index in [2.05, 4.69) is 24.0 Å². The zero-order valence-corrected chi connectivity index (χ0v) is 23.6. The van der Waals surface area contributed by atoms with Crippen molar-refractivity contribution in [1.29, 1.82) is 0 Å². The van der Waals surface area contributed by atoms with Gasteiger partial charge in [-0.15, -0.1) is 11.3 Å². The van der Waals surface area contributed by atoms with Gasteiger partial charge in [-0.05, 0) is 54.8 Å². The van der Waals surface area contributed by atoms with Crippen LogP contribution in [0.2, 0.25) is 0 Å². The first-order chi connectivity index (χ1) is 18.0. The molecule has 1 amide bonds. The normalized spacial score (nSPS) is 19.9. The number of rotatable bonds is 9. The fraction of sp³-hybridized carbons (Fsp3) is 0.538. The molecular formula is C26H34N4O4S3. The first kappa shape index (κ1) is 26.7. The van der Waals surface area contributed by atoms with E-state index >= 15 is 0 Å². The van der Waals surface area contributed by atoms with Gasteiger partial charge in [-0.2, -0.15) is 4.31 Å². The van der Waals surface area contributed by atoms with E-state index in [1.807, 2.05) is 6.07 Å². The number of piperidine rings is 1. The number of thiophene rings is 1. The Kier molecular flexibility index (Phi) is 8.57. The third kappa shape index (κ3) is 5.91. The number of hydrogen-bond donors (Lipinski definition) is 0. The van der Waals surface area contributed by atoms with Gasteiger partial charge < -0.3 is 4.74 Å². The molecule has 2 fully saturated rings. The smallest absolute Gasteiger partial charge is 0.253 e. The molecule has 1 atom stereocenters. The van der Waals surface area contributed by atoms with Crippen LogP contribution in [0.5, 0.6) is 0 Å². The highest BCUT2D eigenvalue weighted by Crippen LogP contribution is 2.33. The zero-order chi connectivity index (χ0) is 25.8. The summed E-state index contributed by atoms with van der Waals surface area (Å²) in [4.78, 5) is 23.1. The van der Waals surface area contributed by atoms with Crippen LogP contribution in [0.3, 0.4) is 0 Å². The van der Waals surface area contributed by atoms with Gasteiger partial charge in [0.2, 0.25) is 5.91 Å². The van der Waals surface area contributed by atoms with E-state index in [1.165, 1.54) is 32.5 Å². The van der Waals surface area contributed by atoms with E-state index in [1.54, 1.807) is 22.4 Å². The summed E-state index contributed by atoms with van der Waals surface area (Å²) >= 11 is 2.71. The van der Waals surface area contributed by atoms with Crippen molar-refractivity contribution < 1.29 is 17.9 Å². The van der Waals surface area contributed by atoms with Crippen LogP contribution in [0.1, 0.15) is 38.2 Å². The van der Waals surface area contributed by atoms with E-state index in [0.29, 0.717) is 24.6 Å². The summed E-state index contributed by atoms with van der Waals surface area (Å²) in [7, 11) is -3.73. The first-order valence-corrected chi connectivity index (χ1v) is 16.2. The SMILES string of the molecule is CCc1ccc2nc(N(CCCN3CCOCC3)C(=O)C3CCCCN3S(=O)(=O)c3cccs3)sc2c1. The molecule has 0 radical (unpaired) electrons. The number of ether oxygens (including phenoxy) is 1. The molecule has 8 nitrogen and oxygen atoms in total. The number of anilines is 1. The third-order valence-electron chi connectivity index (χ3n) is 7.10. The molecule has 2 aromatic heterocycles. The molecule has 0 N–H and O–H groups in total. The highest BCUT2D eigenvalue weighted by atomic mass is 32.2. The number of sulfonamides is 1. The number of carbonyl (C=O) groups excluding carboxylic acids is 1. The molecule has 0 bridgehead atoms. The monoisotopic (exact) mass is 562 g/mol. The molecule has 11 heteroatoms. The maximum Gasteiger partial charge on any atom is 0.253 e. The summed E-state index contributed by atoms with van der Waals surface area (Å²) in [6.45, 7) is 7.10. The second-order valence-corrected chi connectivity index (χ2v) is 13.6. The summed E-state index contributed by atoms with van der Waals surface area (Å²) in [6.07, 6.45) is 3.82. The van der Waals surface area contributed by atoms with Gasteiger partial charge in [0, 0.05) is 32.7 Å². The Morgan fingerprint density at radius 1 is 1.19 bits per heavy atom. The van der Waals surface area contributed by atoms with Gasteiger partial charge >= 0.3 is 0 Å². The quantitative estimate of drug-likeness (QED) is 0.388. The Labute approximate surface area is 226 Å². The summed E-state index contributed by atoms with van der Waals surface area (Å²) in [5, 5.41) is 2.41. The van der Waals surface area contributed by atoms with Crippen LogP contribution < -0.4 is 4.90 Å². The van der Waals surface area contributed by atoms with Crippen molar-refractivity contribution >= 4 is 54.0 Å². The van der Waals surface area contributed by atoms with Crippen LogP contribution in [-0.4, -0.2) is 80.5 Å². The Hall–Kier alpha value is -1.89. The zero-order valence-electron chi connectivity index (χ0n) is 21.2. The lowest BCUT2D eigenvalue weighted by Crippen LogP contribution is -2.53. The average Bonchev–Trinajstić information content (AvgIpc) is 3.62. The van der Waals surface area contributed by atoms with Crippen molar-refractivity contribution in [2.24, 2.45) is 0 Å². The Balaban J connectivity index is 1.43. The van der Waals surface area contributed by atoms with Crippen LogP contribution in [0.15, 0.2) is 39.9 Å². The summed E-state index contributed by atoms with van der Waals surface area (Å²) < 4.78 is 35.2. The maximum absolute atomic E-state index is 14.2. The molecule has 37 heavy (non-hydrogen) atoms. The van der Waals surface area contributed by atoms with Crippen molar-refractivity contribution in [3.05, 3.63) is 41.3 Å². The lowest BCUT2D eigenvalue weighted by atomic mass is 10.0. The van der Waals surface area contributed by atoms with Crippen LogP contribution in [-0.2, 0) is 26.0 Å². The molecule has 0 saturated carbocycles. The van der Waals surface area contributed by atoms with E-state index in [4.69, 9.17) is 9.72 Å². The van der Waals surface area contributed by atoms with Crippen LogP contribution in [0.25, 0.3) is 10.2 Å². The maximum atomic E-state index is 14.2. The molecule has 4 heterocycles. The van der Waals surface area contributed by atoms with Crippen molar-refractivity contribution in [2.75, 3.05) is 50.8 Å². The van der Waals surface area contributed by atoms with Gasteiger partial charge in [0.1, 0.15) is 10.3 Å². The lowest BCUT2D eigenvalue weighted by molar-refractivity contribution is -0.123. The summed E-state index contributed by atoms with van der Waals surface area (Å²) in [6, 6.07) is 8.87. The van der Waals surface area contributed by atoms with E-state index in [0.717, 1.165) is 68.7 Å². The molecule has 2 aliphatic heterocycles. The van der Waals surface area contributed by atoms with Gasteiger partial charge in [-0.25, -0.2) is 13.4 Å².